The Morgan fingerprint density at radius 2 is 2.00 bits per heavy atom. The first kappa shape index (κ1) is 14.4. The molecule has 0 radical (unpaired) electrons. The summed E-state index contributed by atoms with van der Waals surface area (Å²) < 4.78 is 36.7. The van der Waals surface area contributed by atoms with Gasteiger partial charge in [-0.2, -0.15) is 13.2 Å². The van der Waals surface area contributed by atoms with Crippen LogP contribution in [0.5, 0.6) is 0 Å². The molecule has 1 heterocycles. The summed E-state index contributed by atoms with van der Waals surface area (Å²) in [6.07, 6.45) is -3.68. The second-order valence-corrected chi connectivity index (χ2v) is 4.42. The van der Waals surface area contributed by atoms with Gasteiger partial charge in [0.15, 0.2) is 0 Å². The number of hydrogen-bond donors (Lipinski definition) is 2. The summed E-state index contributed by atoms with van der Waals surface area (Å²) in [5.74, 6) is -0.585. The van der Waals surface area contributed by atoms with Crippen molar-refractivity contribution in [3.63, 3.8) is 0 Å². The molecule has 2 N–H and O–H groups in total. The summed E-state index contributed by atoms with van der Waals surface area (Å²) in [5, 5.41) is 11.8. The summed E-state index contributed by atoms with van der Waals surface area (Å²) in [6, 6.07) is 1.77. The Bertz CT molecular complexity index is 421. The van der Waals surface area contributed by atoms with Crippen LogP contribution in [0.2, 0.25) is 0 Å². The van der Waals surface area contributed by atoms with E-state index in [0.29, 0.717) is 0 Å². The maximum absolute atomic E-state index is 12.2. The molecule has 1 rings (SSSR count). The average molecular weight is 262 g/mol. The molecule has 4 nitrogen and oxygen atoms in total. The highest BCUT2D eigenvalue weighted by atomic mass is 19.4. The van der Waals surface area contributed by atoms with Crippen LogP contribution >= 0.6 is 0 Å². The number of alkyl halides is 3. The average Bonchev–Trinajstić information content (AvgIpc) is 2.24. The molecule has 100 valence electrons. The zero-order valence-corrected chi connectivity index (χ0v) is 9.88. The van der Waals surface area contributed by atoms with Gasteiger partial charge >= 0.3 is 6.18 Å². The Kier molecular flexibility index (Phi) is 3.95. The predicted molar refractivity (Wildman–Crippen MR) is 57.9 cm³/mol. The Morgan fingerprint density at radius 3 is 2.39 bits per heavy atom. The zero-order valence-electron chi connectivity index (χ0n) is 9.88. The van der Waals surface area contributed by atoms with Crippen molar-refractivity contribution in [3.8, 4) is 0 Å². The molecule has 7 heteroatoms. The minimum Gasteiger partial charge on any atom is -0.389 e. The number of aliphatic hydroxyl groups is 1. The van der Waals surface area contributed by atoms with Crippen molar-refractivity contribution in [2.45, 2.75) is 25.6 Å². The van der Waals surface area contributed by atoms with Gasteiger partial charge in [0, 0.05) is 12.7 Å². The molecule has 0 spiro atoms. The van der Waals surface area contributed by atoms with E-state index in [1.54, 1.807) is 0 Å². The highest BCUT2D eigenvalue weighted by molar-refractivity contribution is 5.93. The van der Waals surface area contributed by atoms with Crippen LogP contribution < -0.4 is 5.32 Å². The molecule has 0 aromatic carbocycles. The zero-order chi connectivity index (χ0) is 14.0. The fraction of sp³-hybridized carbons (Fsp3) is 0.455. The lowest BCUT2D eigenvalue weighted by molar-refractivity contribution is -0.141. The van der Waals surface area contributed by atoms with Crippen LogP contribution in [-0.2, 0) is 6.18 Å². The van der Waals surface area contributed by atoms with Crippen LogP contribution in [0.4, 0.5) is 13.2 Å². The Hall–Kier alpha value is -1.63. The van der Waals surface area contributed by atoms with Gasteiger partial charge in [-0.1, -0.05) is 0 Å². The monoisotopic (exact) mass is 262 g/mol. The topological polar surface area (TPSA) is 62.2 Å². The van der Waals surface area contributed by atoms with E-state index in [2.05, 4.69) is 10.3 Å². The van der Waals surface area contributed by atoms with Gasteiger partial charge in [-0.15, -0.1) is 0 Å². The number of nitrogens with zero attached hydrogens (tertiary/aromatic N) is 1. The Morgan fingerprint density at radius 1 is 1.39 bits per heavy atom. The Labute approximate surface area is 102 Å². The van der Waals surface area contributed by atoms with Crippen molar-refractivity contribution < 1.29 is 23.1 Å². The standard InChI is InChI=1S/C11H13F3N2O2/c1-10(2,18)6-16-9(17)7-3-4-8(15-5-7)11(12,13)14/h3-5,18H,6H2,1-2H3,(H,16,17). The largest absolute Gasteiger partial charge is 0.433 e. The Balaban J connectivity index is 2.71. The SMILES string of the molecule is CC(C)(O)CNC(=O)c1ccc(C(F)(F)F)nc1. The molecule has 1 aromatic rings. The van der Waals surface area contributed by atoms with E-state index in [1.807, 2.05) is 0 Å². The molecule has 0 unspecified atom stereocenters. The van der Waals surface area contributed by atoms with Crippen LogP contribution in [0.3, 0.4) is 0 Å². The number of rotatable bonds is 3. The van der Waals surface area contributed by atoms with Gasteiger partial charge in [-0.25, -0.2) is 0 Å². The molecule has 0 aliphatic rings. The third-order valence-corrected chi connectivity index (χ3v) is 2.00. The second-order valence-electron chi connectivity index (χ2n) is 4.42. The molecule has 1 amide bonds. The summed E-state index contributed by atoms with van der Waals surface area (Å²) in [7, 11) is 0. The van der Waals surface area contributed by atoms with Crippen molar-refractivity contribution in [2.75, 3.05) is 6.54 Å². The van der Waals surface area contributed by atoms with Crippen LogP contribution in [0.15, 0.2) is 18.3 Å². The van der Waals surface area contributed by atoms with Gasteiger partial charge in [-0.05, 0) is 26.0 Å². The van der Waals surface area contributed by atoms with E-state index in [4.69, 9.17) is 0 Å². The third kappa shape index (κ3) is 4.33. The summed E-state index contributed by atoms with van der Waals surface area (Å²) >= 11 is 0. The van der Waals surface area contributed by atoms with Crippen molar-refractivity contribution in [2.24, 2.45) is 0 Å². The van der Waals surface area contributed by atoms with E-state index in [1.165, 1.54) is 13.8 Å². The van der Waals surface area contributed by atoms with Gasteiger partial charge in [0.25, 0.3) is 5.91 Å². The molecular formula is C11H13F3N2O2. The minimum atomic E-state index is -4.53. The van der Waals surface area contributed by atoms with Gasteiger partial charge < -0.3 is 10.4 Å². The van der Waals surface area contributed by atoms with Crippen LogP contribution in [0.1, 0.15) is 29.9 Å². The molecule has 0 atom stereocenters. The maximum Gasteiger partial charge on any atom is 0.433 e. The number of halogens is 3. The molecular weight excluding hydrogens is 249 g/mol. The number of amides is 1. The summed E-state index contributed by atoms with van der Waals surface area (Å²) in [4.78, 5) is 14.7. The van der Waals surface area contributed by atoms with E-state index >= 15 is 0 Å². The fourth-order valence-electron chi connectivity index (χ4n) is 1.09. The molecule has 0 aliphatic heterocycles. The summed E-state index contributed by atoms with van der Waals surface area (Å²) in [5.41, 5.74) is -2.14. The van der Waals surface area contributed by atoms with E-state index in [0.717, 1.165) is 18.3 Å². The third-order valence-electron chi connectivity index (χ3n) is 2.00. The minimum absolute atomic E-state index is 0.00671. The van der Waals surface area contributed by atoms with Crippen molar-refractivity contribution >= 4 is 5.91 Å². The molecule has 0 saturated carbocycles. The summed E-state index contributed by atoms with van der Waals surface area (Å²) in [6.45, 7) is 2.99. The van der Waals surface area contributed by atoms with Gasteiger partial charge in [0.05, 0.1) is 11.2 Å². The van der Waals surface area contributed by atoms with Crippen LogP contribution in [0.25, 0.3) is 0 Å². The second kappa shape index (κ2) is 4.93. The van der Waals surface area contributed by atoms with Crippen molar-refractivity contribution in [1.29, 1.82) is 0 Å². The molecule has 0 aliphatic carbocycles. The van der Waals surface area contributed by atoms with Gasteiger partial charge in [0.1, 0.15) is 5.69 Å². The predicted octanol–water partition coefficient (Wildman–Crippen LogP) is 1.60. The maximum atomic E-state index is 12.2. The van der Waals surface area contributed by atoms with Crippen molar-refractivity contribution in [3.05, 3.63) is 29.6 Å². The number of carbonyl (C=O) groups excluding carboxylic acids is 1. The molecule has 0 fully saturated rings. The van der Waals surface area contributed by atoms with Crippen LogP contribution in [-0.4, -0.2) is 28.1 Å². The molecule has 0 bridgehead atoms. The highest BCUT2D eigenvalue weighted by Gasteiger charge is 2.32. The van der Waals surface area contributed by atoms with E-state index < -0.39 is 23.4 Å². The quantitative estimate of drug-likeness (QED) is 0.869. The molecule has 1 aromatic heterocycles. The normalized spacial score (nSPS) is 12.3. The number of hydrogen-bond acceptors (Lipinski definition) is 3. The van der Waals surface area contributed by atoms with Crippen LogP contribution in [0, 0.1) is 0 Å². The lowest BCUT2D eigenvalue weighted by Gasteiger charge is -2.17. The molecule has 0 saturated heterocycles. The fourth-order valence-corrected chi connectivity index (χ4v) is 1.09. The lowest BCUT2D eigenvalue weighted by Crippen LogP contribution is -2.38. The van der Waals surface area contributed by atoms with Crippen molar-refractivity contribution in [1.82, 2.24) is 10.3 Å². The first-order chi connectivity index (χ1) is 8.09. The number of carbonyl (C=O) groups is 1. The molecule has 18 heavy (non-hydrogen) atoms. The smallest absolute Gasteiger partial charge is 0.389 e. The van der Waals surface area contributed by atoms with Gasteiger partial charge in [-0.3, -0.25) is 9.78 Å². The lowest BCUT2D eigenvalue weighted by atomic mass is 10.1. The first-order valence-electron chi connectivity index (χ1n) is 5.13. The first-order valence-corrected chi connectivity index (χ1v) is 5.13. The highest BCUT2D eigenvalue weighted by Crippen LogP contribution is 2.27. The number of pyridine rings is 1. The van der Waals surface area contributed by atoms with E-state index in [-0.39, 0.29) is 12.1 Å². The van der Waals surface area contributed by atoms with Gasteiger partial charge in [0.2, 0.25) is 0 Å². The number of nitrogens with one attached hydrogen (secondary N) is 1. The number of aromatic nitrogens is 1. The van der Waals surface area contributed by atoms with E-state index in [9.17, 15) is 23.1 Å².